The standard InChI is InChI=1S/C9H15NO3/c1-7-3-4-10(5-7)9(12)6-13-8(2)11/h7H,3-6H2,1-2H3. The summed E-state index contributed by atoms with van der Waals surface area (Å²) in [5, 5.41) is 0. The molecule has 1 rings (SSSR count). The van der Waals surface area contributed by atoms with Gasteiger partial charge in [0.2, 0.25) is 0 Å². The van der Waals surface area contributed by atoms with Gasteiger partial charge < -0.3 is 9.64 Å². The summed E-state index contributed by atoms with van der Waals surface area (Å²) in [4.78, 5) is 23.5. The molecule has 1 saturated heterocycles. The Morgan fingerprint density at radius 1 is 1.54 bits per heavy atom. The fourth-order valence-corrected chi connectivity index (χ4v) is 1.42. The zero-order valence-electron chi connectivity index (χ0n) is 8.08. The third-order valence-corrected chi connectivity index (χ3v) is 2.18. The Morgan fingerprint density at radius 3 is 2.69 bits per heavy atom. The molecule has 1 heterocycles. The van der Waals surface area contributed by atoms with Gasteiger partial charge in [0.25, 0.3) is 5.91 Å². The Bertz CT molecular complexity index is 215. The van der Waals surface area contributed by atoms with Crippen molar-refractivity contribution in [1.29, 1.82) is 0 Å². The van der Waals surface area contributed by atoms with Crippen LogP contribution in [0.3, 0.4) is 0 Å². The van der Waals surface area contributed by atoms with Crippen LogP contribution in [0.1, 0.15) is 20.3 Å². The molecular formula is C9H15NO3. The van der Waals surface area contributed by atoms with Crippen LogP contribution in [0.5, 0.6) is 0 Å². The minimum Gasteiger partial charge on any atom is -0.456 e. The average molecular weight is 185 g/mol. The van der Waals surface area contributed by atoms with Gasteiger partial charge in [0.1, 0.15) is 0 Å². The zero-order chi connectivity index (χ0) is 9.84. The fraction of sp³-hybridized carbons (Fsp3) is 0.778. The predicted molar refractivity (Wildman–Crippen MR) is 47.0 cm³/mol. The summed E-state index contributed by atoms with van der Waals surface area (Å²) in [6.07, 6.45) is 1.05. The average Bonchev–Trinajstić information content (AvgIpc) is 2.47. The summed E-state index contributed by atoms with van der Waals surface area (Å²) in [5.74, 6) is 0.0847. The van der Waals surface area contributed by atoms with Crippen LogP contribution in [0, 0.1) is 5.92 Å². The van der Waals surface area contributed by atoms with Crippen LogP contribution in [0.2, 0.25) is 0 Å². The van der Waals surface area contributed by atoms with Gasteiger partial charge >= 0.3 is 5.97 Å². The van der Waals surface area contributed by atoms with Gasteiger partial charge in [-0.3, -0.25) is 9.59 Å². The van der Waals surface area contributed by atoms with E-state index >= 15 is 0 Å². The van der Waals surface area contributed by atoms with E-state index in [1.54, 1.807) is 4.90 Å². The van der Waals surface area contributed by atoms with Crippen LogP contribution in [0.4, 0.5) is 0 Å². The first-order chi connectivity index (χ1) is 6.09. The molecule has 74 valence electrons. The summed E-state index contributed by atoms with van der Waals surface area (Å²) in [5.41, 5.74) is 0. The quantitative estimate of drug-likeness (QED) is 0.586. The van der Waals surface area contributed by atoms with E-state index in [2.05, 4.69) is 11.7 Å². The number of carbonyl (C=O) groups is 2. The Kier molecular flexibility index (Phi) is 3.28. The first-order valence-electron chi connectivity index (χ1n) is 4.50. The van der Waals surface area contributed by atoms with Gasteiger partial charge in [-0.15, -0.1) is 0 Å². The van der Waals surface area contributed by atoms with Gasteiger partial charge in [-0.1, -0.05) is 6.92 Å². The van der Waals surface area contributed by atoms with Crippen molar-refractivity contribution in [2.45, 2.75) is 20.3 Å². The molecule has 13 heavy (non-hydrogen) atoms. The molecule has 1 amide bonds. The van der Waals surface area contributed by atoms with Crippen LogP contribution < -0.4 is 0 Å². The van der Waals surface area contributed by atoms with E-state index in [1.165, 1.54) is 6.92 Å². The van der Waals surface area contributed by atoms with Crippen LogP contribution in [-0.4, -0.2) is 36.5 Å². The summed E-state index contributed by atoms with van der Waals surface area (Å²) in [7, 11) is 0. The molecule has 0 aromatic rings. The fourth-order valence-electron chi connectivity index (χ4n) is 1.42. The molecule has 0 aromatic heterocycles. The highest BCUT2D eigenvalue weighted by molar-refractivity contribution is 5.80. The molecule has 4 heteroatoms. The lowest BCUT2D eigenvalue weighted by Gasteiger charge is -2.14. The van der Waals surface area contributed by atoms with Crippen molar-refractivity contribution in [1.82, 2.24) is 4.90 Å². The SMILES string of the molecule is CC(=O)OCC(=O)N1CCC(C)C1. The molecule has 0 N–H and O–H groups in total. The summed E-state index contributed by atoms with van der Waals surface area (Å²) < 4.78 is 4.62. The maximum atomic E-state index is 11.3. The van der Waals surface area contributed by atoms with Gasteiger partial charge in [0.05, 0.1) is 0 Å². The largest absolute Gasteiger partial charge is 0.456 e. The second-order valence-corrected chi connectivity index (χ2v) is 3.51. The number of hydrogen-bond acceptors (Lipinski definition) is 3. The number of ether oxygens (including phenoxy) is 1. The van der Waals surface area contributed by atoms with E-state index in [1.807, 2.05) is 0 Å². The minimum absolute atomic E-state index is 0.0837. The number of hydrogen-bond donors (Lipinski definition) is 0. The van der Waals surface area contributed by atoms with E-state index < -0.39 is 5.97 Å². The molecule has 0 aromatic carbocycles. The van der Waals surface area contributed by atoms with Crippen molar-refractivity contribution >= 4 is 11.9 Å². The van der Waals surface area contributed by atoms with Gasteiger partial charge in [-0.25, -0.2) is 0 Å². The van der Waals surface area contributed by atoms with E-state index in [0.717, 1.165) is 19.5 Å². The van der Waals surface area contributed by atoms with E-state index in [0.29, 0.717) is 5.92 Å². The Hall–Kier alpha value is -1.06. The highest BCUT2D eigenvalue weighted by Crippen LogP contribution is 2.14. The molecule has 1 atom stereocenters. The van der Waals surface area contributed by atoms with Gasteiger partial charge in [0.15, 0.2) is 6.61 Å². The predicted octanol–water partition coefficient (Wildman–Crippen LogP) is 0.418. The normalized spacial score (nSPS) is 21.7. The lowest BCUT2D eigenvalue weighted by atomic mass is 10.2. The van der Waals surface area contributed by atoms with Crippen molar-refractivity contribution in [2.24, 2.45) is 5.92 Å². The highest BCUT2D eigenvalue weighted by Gasteiger charge is 2.23. The Morgan fingerprint density at radius 2 is 2.23 bits per heavy atom. The number of carbonyl (C=O) groups excluding carboxylic acids is 2. The highest BCUT2D eigenvalue weighted by atomic mass is 16.5. The van der Waals surface area contributed by atoms with Crippen molar-refractivity contribution in [2.75, 3.05) is 19.7 Å². The van der Waals surface area contributed by atoms with Crippen LogP contribution in [0.15, 0.2) is 0 Å². The zero-order valence-corrected chi connectivity index (χ0v) is 8.08. The topological polar surface area (TPSA) is 46.6 Å². The molecule has 0 spiro atoms. The van der Waals surface area contributed by atoms with E-state index in [-0.39, 0.29) is 12.5 Å². The lowest BCUT2D eigenvalue weighted by Crippen LogP contribution is -2.32. The first-order valence-corrected chi connectivity index (χ1v) is 4.50. The third kappa shape index (κ3) is 3.05. The number of nitrogens with zero attached hydrogens (tertiary/aromatic N) is 1. The van der Waals surface area contributed by atoms with Crippen LogP contribution >= 0.6 is 0 Å². The smallest absolute Gasteiger partial charge is 0.303 e. The monoisotopic (exact) mass is 185 g/mol. The molecule has 4 nitrogen and oxygen atoms in total. The number of rotatable bonds is 2. The summed E-state index contributed by atoms with van der Waals surface area (Å²) in [6, 6.07) is 0. The Balaban J connectivity index is 2.27. The maximum absolute atomic E-state index is 11.3. The second-order valence-electron chi connectivity index (χ2n) is 3.51. The maximum Gasteiger partial charge on any atom is 0.303 e. The van der Waals surface area contributed by atoms with Crippen molar-refractivity contribution in [3.8, 4) is 0 Å². The number of esters is 1. The van der Waals surface area contributed by atoms with Crippen LogP contribution in [0.25, 0.3) is 0 Å². The lowest BCUT2D eigenvalue weighted by molar-refractivity contribution is -0.149. The van der Waals surface area contributed by atoms with Gasteiger partial charge in [-0.2, -0.15) is 0 Å². The van der Waals surface area contributed by atoms with Gasteiger partial charge in [-0.05, 0) is 12.3 Å². The molecular weight excluding hydrogens is 170 g/mol. The number of amides is 1. The molecule has 0 saturated carbocycles. The number of likely N-dealkylation sites (tertiary alicyclic amines) is 1. The Labute approximate surface area is 77.8 Å². The molecule has 1 aliphatic rings. The summed E-state index contributed by atoms with van der Waals surface area (Å²) >= 11 is 0. The molecule has 0 bridgehead atoms. The molecule has 1 unspecified atom stereocenters. The van der Waals surface area contributed by atoms with Crippen LogP contribution in [-0.2, 0) is 14.3 Å². The van der Waals surface area contributed by atoms with E-state index in [9.17, 15) is 9.59 Å². The summed E-state index contributed by atoms with van der Waals surface area (Å²) in [6.45, 7) is 4.89. The first kappa shape index (κ1) is 10.0. The van der Waals surface area contributed by atoms with Crippen molar-refractivity contribution < 1.29 is 14.3 Å². The minimum atomic E-state index is -0.402. The molecule has 1 fully saturated rings. The third-order valence-electron chi connectivity index (χ3n) is 2.18. The van der Waals surface area contributed by atoms with Crippen molar-refractivity contribution in [3.05, 3.63) is 0 Å². The van der Waals surface area contributed by atoms with Gasteiger partial charge in [0, 0.05) is 20.0 Å². The van der Waals surface area contributed by atoms with E-state index in [4.69, 9.17) is 0 Å². The molecule has 0 aliphatic carbocycles. The second kappa shape index (κ2) is 4.25. The molecule has 0 radical (unpaired) electrons. The van der Waals surface area contributed by atoms with Crippen molar-refractivity contribution in [3.63, 3.8) is 0 Å². The molecule has 1 aliphatic heterocycles.